The summed E-state index contributed by atoms with van der Waals surface area (Å²) in [6, 6.07) is 7.58. The molecule has 1 saturated carbocycles. The predicted octanol–water partition coefficient (Wildman–Crippen LogP) is 4.57. The Balaban J connectivity index is 1.55. The maximum absolute atomic E-state index is 13.0. The van der Waals surface area contributed by atoms with E-state index in [0.717, 1.165) is 18.9 Å². The van der Waals surface area contributed by atoms with Crippen molar-refractivity contribution in [3.63, 3.8) is 0 Å². The summed E-state index contributed by atoms with van der Waals surface area (Å²) in [6.07, 6.45) is -0.914. The summed E-state index contributed by atoms with van der Waals surface area (Å²) < 4.78 is 45.6. The molecule has 1 aliphatic carbocycles. The molecule has 1 aromatic carbocycles. The number of oxazole rings is 1. The smallest absolute Gasteiger partial charge is 0.435 e. The molecule has 0 bridgehead atoms. The summed E-state index contributed by atoms with van der Waals surface area (Å²) in [4.78, 5) is 16.2. The first-order valence-electron chi connectivity index (χ1n) is 8.88. The average molecular weight is 390 g/mol. The number of nitrogens with one attached hydrogen (secondary N) is 1. The summed E-state index contributed by atoms with van der Waals surface area (Å²) in [5, 5.41) is 6.43. The minimum Gasteiger partial charge on any atom is -0.448 e. The number of carbonyl (C=O) groups is 1. The van der Waals surface area contributed by atoms with Gasteiger partial charge in [0.1, 0.15) is 6.26 Å². The highest BCUT2D eigenvalue weighted by atomic mass is 19.4. The Morgan fingerprint density at radius 3 is 2.57 bits per heavy atom. The lowest BCUT2D eigenvalue weighted by atomic mass is 10.2. The molecule has 1 fully saturated rings. The van der Waals surface area contributed by atoms with Crippen molar-refractivity contribution < 1.29 is 22.4 Å². The van der Waals surface area contributed by atoms with Gasteiger partial charge in [-0.3, -0.25) is 4.79 Å². The van der Waals surface area contributed by atoms with Crippen LogP contribution in [0, 0.1) is 0 Å². The van der Waals surface area contributed by atoms with E-state index in [0.29, 0.717) is 29.4 Å². The lowest BCUT2D eigenvalue weighted by molar-refractivity contribution is -0.141. The van der Waals surface area contributed by atoms with Crippen LogP contribution < -0.4 is 5.32 Å². The van der Waals surface area contributed by atoms with Gasteiger partial charge >= 0.3 is 6.18 Å². The summed E-state index contributed by atoms with van der Waals surface area (Å²) in [5.41, 5.74) is 0.818. The van der Waals surface area contributed by atoms with Crippen LogP contribution >= 0.6 is 0 Å². The molecule has 1 N–H and O–H groups in total. The Kier molecular flexibility index (Phi) is 4.44. The van der Waals surface area contributed by atoms with Crippen molar-refractivity contribution in [3.05, 3.63) is 59.6 Å². The van der Waals surface area contributed by atoms with Crippen LogP contribution in [-0.4, -0.2) is 20.7 Å². The fourth-order valence-corrected chi connectivity index (χ4v) is 2.87. The van der Waals surface area contributed by atoms with E-state index in [9.17, 15) is 18.0 Å². The molecule has 6 nitrogen and oxygen atoms in total. The molecule has 0 spiro atoms. The summed E-state index contributed by atoms with van der Waals surface area (Å²) in [5.74, 6) is 0.142. The monoisotopic (exact) mass is 390 g/mol. The molecule has 0 aliphatic heterocycles. The first kappa shape index (κ1) is 18.3. The molecule has 9 heteroatoms. The number of alkyl halides is 3. The molecule has 0 atom stereocenters. The van der Waals surface area contributed by atoms with Crippen molar-refractivity contribution in [2.75, 3.05) is 5.32 Å². The molecule has 2 heterocycles. The molecule has 0 unspecified atom stereocenters. The molecule has 4 rings (SSSR count). The molecule has 2 aromatic heterocycles. The van der Waals surface area contributed by atoms with Crippen LogP contribution in [0.15, 0.2) is 41.0 Å². The van der Waals surface area contributed by atoms with Gasteiger partial charge in [-0.05, 0) is 43.2 Å². The molecule has 28 heavy (non-hydrogen) atoms. The van der Waals surface area contributed by atoms with E-state index < -0.39 is 17.8 Å². The van der Waals surface area contributed by atoms with Crippen molar-refractivity contribution in [1.29, 1.82) is 0 Å². The highest BCUT2D eigenvalue weighted by Crippen LogP contribution is 2.43. The summed E-state index contributed by atoms with van der Waals surface area (Å²) in [6.45, 7) is 1.86. The number of aryl methyl sites for hydroxylation is 1. The van der Waals surface area contributed by atoms with E-state index in [-0.39, 0.29) is 11.6 Å². The molecule has 0 saturated heterocycles. The second-order valence-electron chi connectivity index (χ2n) is 6.62. The largest absolute Gasteiger partial charge is 0.448 e. The lowest BCUT2D eigenvalue weighted by Gasteiger charge is -2.08. The fraction of sp³-hybridized carbons (Fsp3) is 0.316. The maximum Gasteiger partial charge on any atom is 0.435 e. The highest BCUT2D eigenvalue weighted by Gasteiger charge is 2.38. The number of nitrogens with zero attached hydrogens (tertiary/aromatic N) is 3. The van der Waals surface area contributed by atoms with E-state index in [1.807, 2.05) is 6.92 Å². The normalized spacial score (nSPS) is 14.3. The zero-order valence-electron chi connectivity index (χ0n) is 15.0. The molecule has 146 valence electrons. The van der Waals surface area contributed by atoms with Crippen LogP contribution in [-0.2, 0) is 12.6 Å². The van der Waals surface area contributed by atoms with E-state index in [4.69, 9.17) is 4.42 Å². The van der Waals surface area contributed by atoms with Gasteiger partial charge in [-0.15, -0.1) is 0 Å². The van der Waals surface area contributed by atoms with Crippen LogP contribution in [0.1, 0.15) is 53.5 Å². The van der Waals surface area contributed by atoms with Gasteiger partial charge in [-0.1, -0.05) is 6.92 Å². The standard InChI is InChI=1S/C19H17F3N4O2/c1-2-17-24-14(10-28-17)18(27)23-12-5-7-13(8-6-12)26-15(11-3-4-11)9-16(25-26)19(20,21)22/h5-11H,2-4H2,1H3,(H,23,27). The second-order valence-corrected chi connectivity index (χ2v) is 6.62. The van der Waals surface area contributed by atoms with Crippen molar-refractivity contribution in [2.45, 2.75) is 38.3 Å². The van der Waals surface area contributed by atoms with Gasteiger partial charge in [0.2, 0.25) is 0 Å². The molecule has 1 amide bonds. The minimum absolute atomic E-state index is 0.0999. The Hall–Kier alpha value is -3.10. The third-order valence-corrected chi connectivity index (χ3v) is 4.48. The van der Waals surface area contributed by atoms with Crippen molar-refractivity contribution in [2.24, 2.45) is 0 Å². The number of rotatable bonds is 5. The summed E-state index contributed by atoms with van der Waals surface area (Å²) >= 11 is 0. The Bertz CT molecular complexity index is 1000. The van der Waals surface area contributed by atoms with Gasteiger partial charge in [-0.25, -0.2) is 9.67 Å². The zero-order chi connectivity index (χ0) is 19.9. The number of carbonyl (C=O) groups excluding carboxylic acids is 1. The van der Waals surface area contributed by atoms with E-state index >= 15 is 0 Å². The number of hydrogen-bond donors (Lipinski definition) is 1. The quantitative estimate of drug-likeness (QED) is 0.693. The number of amides is 1. The molecule has 1 aliphatic rings. The molecular formula is C19H17F3N4O2. The van der Waals surface area contributed by atoms with Gasteiger partial charge in [0.05, 0.1) is 5.69 Å². The lowest BCUT2D eigenvalue weighted by Crippen LogP contribution is -2.12. The van der Waals surface area contributed by atoms with Gasteiger partial charge in [0, 0.05) is 23.7 Å². The van der Waals surface area contributed by atoms with Gasteiger partial charge in [0.15, 0.2) is 17.3 Å². The average Bonchev–Trinajstić information content (AvgIpc) is 3.21. The number of aromatic nitrogens is 3. The van der Waals surface area contributed by atoms with Crippen LogP contribution in [0.4, 0.5) is 18.9 Å². The molecular weight excluding hydrogens is 373 g/mol. The van der Waals surface area contributed by atoms with Crippen LogP contribution in [0.3, 0.4) is 0 Å². The second kappa shape index (κ2) is 6.81. The van der Waals surface area contributed by atoms with E-state index in [1.54, 1.807) is 24.3 Å². The van der Waals surface area contributed by atoms with Gasteiger partial charge in [0.25, 0.3) is 5.91 Å². The topological polar surface area (TPSA) is 73.0 Å². The van der Waals surface area contributed by atoms with Gasteiger partial charge < -0.3 is 9.73 Å². The highest BCUT2D eigenvalue weighted by molar-refractivity contribution is 6.02. The third-order valence-electron chi connectivity index (χ3n) is 4.48. The van der Waals surface area contributed by atoms with Crippen molar-refractivity contribution in [1.82, 2.24) is 14.8 Å². The minimum atomic E-state index is -4.49. The first-order valence-corrected chi connectivity index (χ1v) is 8.88. The number of hydrogen-bond acceptors (Lipinski definition) is 4. The Morgan fingerprint density at radius 2 is 2.00 bits per heavy atom. The Labute approximate surface area is 158 Å². The zero-order valence-corrected chi connectivity index (χ0v) is 15.0. The molecule has 0 radical (unpaired) electrons. The van der Waals surface area contributed by atoms with Crippen LogP contribution in [0.5, 0.6) is 0 Å². The van der Waals surface area contributed by atoms with Crippen molar-refractivity contribution >= 4 is 11.6 Å². The number of benzene rings is 1. The third kappa shape index (κ3) is 3.64. The Morgan fingerprint density at radius 1 is 1.29 bits per heavy atom. The predicted molar refractivity (Wildman–Crippen MR) is 94.4 cm³/mol. The summed E-state index contributed by atoms with van der Waals surface area (Å²) in [7, 11) is 0. The first-order chi connectivity index (χ1) is 13.3. The van der Waals surface area contributed by atoms with E-state index in [1.165, 1.54) is 10.9 Å². The number of halogens is 3. The van der Waals surface area contributed by atoms with Crippen LogP contribution in [0.25, 0.3) is 5.69 Å². The SMILES string of the molecule is CCc1nc(C(=O)Nc2ccc(-n3nc(C(F)(F)F)cc3C3CC3)cc2)co1. The fourth-order valence-electron chi connectivity index (χ4n) is 2.87. The van der Waals surface area contributed by atoms with Crippen molar-refractivity contribution in [3.8, 4) is 5.69 Å². The van der Waals surface area contributed by atoms with E-state index in [2.05, 4.69) is 15.4 Å². The van der Waals surface area contributed by atoms with Gasteiger partial charge in [-0.2, -0.15) is 18.3 Å². The molecule has 3 aromatic rings. The maximum atomic E-state index is 13.0. The number of anilines is 1. The van der Waals surface area contributed by atoms with Crippen LogP contribution in [0.2, 0.25) is 0 Å².